The maximum atomic E-state index is 13.5. The summed E-state index contributed by atoms with van der Waals surface area (Å²) in [5.74, 6) is -0.620. The molecule has 210 valence electrons. The summed E-state index contributed by atoms with van der Waals surface area (Å²) in [4.78, 5) is 46.3. The number of aromatic nitrogens is 3. The molecule has 1 atom stereocenters. The van der Waals surface area contributed by atoms with Crippen molar-refractivity contribution in [3.63, 3.8) is 0 Å². The van der Waals surface area contributed by atoms with Crippen molar-refractivity contribution >= 4 is 29.4 Å². The van der Waals surface area contributed by atoms with Crippen molar-refractivity contribution < 1.29 is 27.6 Å². The fraction of sp³-hybridized carbons (Fsp3) is 0.393. The lowest BCUT2D eigenvalue weighted by Gasteiger charge is -2.38. The number of nitrogens with zero attached hydrogens (tertiary/aromatic N) is 5. The first-order valence-electron chi connectivity index (χ1n) is 12.9. The lowest BCUT2D eigenvalue weighted by atomic mass is 9.81. The number of likely N-dealkylation sites (N-methyl/N-ethyl adjacent to an activating group) is 1. The fourth-order valence-corrected chi connectivity index (χ4v) is 6.31. The third-order valence-corrected chi connectivity index (χ3v) is 8.70. The molecule has 2 amide bonds. The van der Waals surface area contributed by atoms with Gasteiger partial charge >= 0.3 is 6.18 Å². The van der Waals surface area contributed by atoms with Gasteiger partial charge in [0.15, 0.2) is 12.0 Å². The van der Waals surface area contributed by atoms with Crippen LogP contribution in [-0.4, -0.2) is 62.8 Å². The van der Waals surface area contributed by atoms with E-state index in [1.54, 1.807) is 23.4 Å². The molecule has 40 heavy (non-hydrogen) atoms. The molecule has 1 aliphatic carbocycles. The molecule has 3 aromatic rings. The SMILES string of the molecule is Cc1cc(C(F)(F)F)nn1CC(=O)N1CCC(c2nc(C(=O)N(C)C3(C=O)C=CCc4ccccc43)cs2)CC1. The number of halogens is 3. The van der Waals surface area contributed by atoms with Crippen LogP contribution in [0, 0.1) is 6.92 Å². The third kappa shape index (κ3) is 5.07. The lowest BCUT2D eigenvalue weighted by Crippen LogP contribution is -2.48. The first-order valence-corrected chi connectivity index (χ1v) is 13.8. The Balaban J connectivity index is 1.23. The van der Waals surface area contributed by atoms with E-state index in [1.165, 1.54) is 23.2 Å². The molecule has 1 saturated heterocycles. The number of benzene rings is 1. The van der Waals surface area contributed by atoms with Gasteiger partial charge in [-0.15, -0.1) is 11.3 Å². The van der Waals surface area contributed by atoms with Crippen LogP contribution < -0.4 is 0 Å². The number of alkyl halides is 3. The standard InChI is InChI=1S/C28H28F3N5O3S/c1-18-14-23(28(29,30)31)33-36(18)15-24(38)35-12-9-20(10-13-35)25-32-22(16-40-25)26(39)34(2)27(17-37)11-5-7-19-6-3-4-8-21(19)27/h3-6,8,11,14,16-17,20H,7,9-10,12-13,15H2,1-2H3. The molecule has 0 spiro atoms. The van der Waals surface area contributed by atoms with Gasteiger partial charge in [-0.3, -0.25) is 19.1 Å². The average molecular weight is 572 g/mol. The van der Waals surface area contributed by atoms with E-state index in [2.05, 4.69) is 10.1 Å². The number of allylic oxidation sites excluding steroid dienone is 1. The Hall–Kier alpha value is -3.80. The minimum atomic E-state index is -4.56. The number of rotatable bonds is 6. The number of carbonyl (C=O) groups excluding carboxylic acids is 3. The maximum absolute atomic E-state index is 13.5. The molecule has 0 bridgehead atoms. The van der Waals surface area contributed by atoms with E-state index in [4.69, 9.17) is 0 Å². The van der Waals surface area contributed by atoms with Crippen LogP contribution in [0.1, 0.15) is 56.8 Å². The van der Waals surface area contributed by atoms with Crippen LogP contribution in [0.25, 0.3) is 0 Å². The Morgan fingerprint density at radius 1 is 1.23 bits per heavy atom. The van der Waals surface area contributed by atoms with Crippen LogP contribution >= 0.6 is 11.3 Å². The summed E-state index contributed by atoms with van der Waals surface area (Å²) in [6.07, 6.45) is 1.79. The Morgan fingerprint density at radius 2 is 1.95 bits per heavy atom. The summed E-state index contributed by atoms with van der Waals surface area (Å²) >= 11 is 1.37. The lowest BCUT2D eigenvalue weighted by molar-refractivity contribution is -0.142. The number of piperidine rings is 1. The van der Waals surface area contributed by atoms with Crippen LogP contribution in [-0.2, 0) is 34.3 Å². The molecule has 12 heteroatoms. The van der Waals surface area contributed by atoms with Crippen molar-refractivity contribution in [3.8, 4) is 0 Å². The number of thiazole rings is 1. The maximum Gasteiger partial charge on any atom is 0.435 e. The Morgan fingerprint density at radius 3 is 2.62 bits per heavy atom. The van der Waals surface area contributed by atoms with E-state index in [0.29, 0.717) is 32.4 Å². The van der Waals surface area contributed by atoms with Gasteiger partial charge in [-0.05, 0) is 43.4 Å². The smallest absolute Gasteiger partial charge is 0.341 e. The number of likely N-dealkylation sites (tertiary alicyclic amines) is 1. The zero-order valence-corrected chi connectivity index (χ0v) is 22.8. The van der Waals surface area contributed by atoms with Gasteiger partial charge in [0.1, 0.15) is 17.8 Å². The Kier molecular flexibility index (Phi) is 7.38. The summed E-state index contributed by atoms with van der Waals surface area (Å²) in [5, 5.41) is 6.02. The van der Waals surface area contributed by atoms with Gasteiger partial charge in [-0.2, -0.15) is 18.3 Å². The van der Waals surface area contributed by atoms with E-state index < -0.39 is 17.4 Å². The van der Waals surface area contributed by atoms with E-state index in [0.717, 1.165) is 33.2 Å². The van der Waals surface area contributed by atoms with Gasteiger partial charge in [0.25, 0.3) is 5.91 Å². The highest BCUT2D eigenvalue weighted by atomic mass is 32.1. The predicted molar refractivity (Wildman–Crippen MR) is 142 cm³/mol. The summed E-state index contributed by atoms with van der Waals surface area (Å²) in [7, 11) is 1.60. The summed E-state index contributed by atoms with van der Waals surface area (Å²) in [6, 6.07) is 8.50. The molecule has 1 unspecified atom stereocenters. The fourth-order valence-electron chi connectivity index (χ4n) is 5.34. The van der Waals surface area contributed by atoms with Crippen molar-refractivity contribution in [3.05, 3.63) is 81.1 Å². The van der Waals surface area contributed by atoms with Crippen molar-refractivity contribution in [2.45, 2.75) is 50.4 Å². The van der Waals surface area contributed by atoms with Crippen LogP contribution in [0.5, 0.6) is 0 Å². The minimum absolute atomic E-state index is 0.0412. The van der Waals surface area contributed by atoms with Crippen molar-refractivity contribution in [1.82, 2.24) is 24.6 Å². The second-order valence-electron chi connectivity index (χ2n) is 10.1. The molecule has 0 radical (unpaired) electrons. The summed E-state index contributed by atoms with van der Waals surface area (Å²) in [6.45, 7) is 2.08. The molecule has 0 N–H and O–H groups in total. The monoisotopic (exact) mass is 571 g/mol. The topological polar surface area (TPSA) is 88.4 Å². The molecule has 0 saturated carbocycles. The van der Waals surface area contributed by atoms with E-state index in [-0.39, 0.29) is 35.7 Å². The molecule has 1 aliphatic heterocycles. The highest BCUT2D eigenvalue weighted by Crippen LogP contribution is 2.36. The number of aldehydes is 1. The largest absolute Gasteiger partial charge is 0.435 e. The van der Waals surface area contributed by atoms with Gasteiger partial charge in [0.2, 0.25) is 5.91 Å². The Labute approximate surface area is 233 Å². The zero-order valence-electron chi connectivity index (χ0n) is 22.0. The molecular weight excluding hydrogens is 543 g/mol. The number of amides is 2. The number of carbonyl (C=O) groups is 3. The van der Waals surface area contributed by atoms with E-state index in [1.807, 2.05) is 30.3 Å². The first-order chi connectivity index (χ1) is 19.0. The Bertz CT molecular complexity index is 1470. The summed E-state index contributed by atoms with van der Waals surface area (Å²) < 4.78 is 39.9. The molecule has 1 fully saturated rings. The van der Waals surface area contributed by atoms with Crippen molar-refractivity contribution in [1.29, 1.82) is 0 Å². The van der Waals surface area contributed by atoms with Gasteiger partial charge in [-0.1, -0.05) is 36.4 Å². The van der Waals surface area contributed by atoms with Gasteiger partial charge in [0, 0.05) is 37.1 Å². The first kappa shape index (κ1) is 27.8. The van der Waals surface area contributed by atoms with E-state index >= 15 is 0 Å². The van der Waals surface area contributed by atoms with Crippen LogP contribution in [0.3, 0.4) is 0 Å². The highest BCUT2D eigenvalue weighted by Gasteiger charge is 2.41. The quantitative estimate of drug-likeness (QED) is 0.324. The second kappa shape index (κ2) is 10.6. The molecule has 3 heterocycles. The molecule has 2 aliphatic rings. The van der Waals surface area contributed by atoms with Gasteiger partial charge in [-0.25, -0.2) is 4.98 Å². The average Bonchev–Trinajstić information content (AvgIpc) is 3.59. The second-order valence-corrected chi connectivity index (χ2v) is 11.0. The number of aryl methyl sites for hydroxylation is 1. The van der Waals surface area contributed by atoms with E-state index in [9.17, 15) is 27.6 Å². The third-order valence-electron chi connectivity index (χ3n) is 7.69. The number of fused-ring (bicyclic) bond motifs is 1. The van der Waals surface area contributed by atoms with Crippen molar-refractivity contribution in [2.24, 2.45) is 0 Å². The van der Waals surface area contributed by atoms with Crippen LogP contribution in [0.2, 0.25) is 0 Å². The molecular formula is C28H28F3N5O3S. The minimum Gasteiger partial charge on any atom is -0.341 e. The van der Waals surface area contributed by atoms with Crippen LogP contribution in [0.4, 0.5) is 13.2 Å². The number of hydrogen-bond donors (Lipinski definition) is 0. The molecule has 1 aromatic carbocycles. The normalized spacial score (nSPS) is 19.4. The zero-order chi connectivity index (χ0) is 28.7. The number of hydrogen-bond acceptors (Lipinski definition) is 6. The highest BCUT2D eigenvalue weighted by molar-refractivity contribution is 7.09. The molecule has 8 nitrogen and oxygen atoms in total. The van der Waals surface area contributed by atoms with Crippen LogP contribution in [0.15, 0.2) is 47.9 Å². The molecule has 5 rings (SSSR count). The summed E-state index contributed by atoms with van der Waals surface area (Å²) in [5.41, 5.74) is 0.0580. The van der Waals surface area contributed by atoms with Gasteiger partial charge < -0.3 is 9.80 Å². The van der Waals surface area contributed by atoms with Gasteiger partial charge in [0.05, 0.1) is 5.01 Å². The predicted octanol–water partition coefficient (Wildman–Crippen LogP) is 4.35. The van der Waals surface area contributed by atoms with Crippen molar-refractivity contribution in [2.75, 3.05) is 20.1 Å². The molecule has 2 aromatic heterocycles.